The van der Waals surface area contributed by atoms with Gasteiger partial charge < -0.3 is 9.30 Å². The minimum Gasteiger partial charge on any atom is -0.497 e. The van der Waals surface area contributed by atoms with E-state index in [2.05, 4.69) is 30.7 Å². The van der Waals surface area contributed by atoms with Gasteiger partial charge in [0.25, 0.3) is 5.91 Å². The van der Waals surface area contributed by atoms with E-state index in [-0.39, 0.29) is 18.0 Å². The maximum Gasteiger partial charge on any atom is 0.328 e. The lowest BCUT2D eigenvalue weighted by Crippen LogP contribution is -2.44. The summed E-state index contributed by atoms with van der Waals surface area (Å²) in [7, 11) is 3.69. The molecule has 3 heterocycles. The lowest BCUT2D eigenvalue weighted by molar-refractivity contribution is -0.128. The highest BCUT2D eigenvalue weighted by Crippen LogP contribution is 2.45. The van der Waals surface area contributed by atoms with Crippen molar-refractivity contribution >= 4 is 22.8 Å². The van der Waals surface area contributed by atoms with E-state index >= 15 is 0 Å². The SMILES string of the molecule is CCCCN1C(=O)[C@H]2Cc3c(n(C)c4ccccc34)[C@@H](c3ccc(OC)cc3)N2C1=O. The summed E-state index contributed by atoms with van der Waals surface area (Å²) in [4.78, 5) is 30.1. The number of carbonyl (C=O) groups excluding carboxylic acids is 2. The number of imide groups is 1. The average Bonchev–Trinajstić information content (AvgIpc) is 3.22. The first-order valence-electron chi connectivity index (χ1n) is 10.9. The molecule has 6 nitrogen and oxygen atoms in total. The van der Waals surface area contributed by atoms with Gasteiger partial charge in [0, 0.05) is 36.6 Å². The lowest BCUT2D eigenvalue weighted by atomic mass is 9.88. The number of urea groups is 1. The minimum absolute atomic E-state index is 0.0736. The second-order valence-electron chi connectivity index (χ2n) is 8.37. The number of nitrogens with zero attached hydrogens (tertiary/aromatic N) is 3. The molecule has 31 heavy (non-hydrogen) atoms. The van der Waals surface area contributed by atoms with Gasteiger partial charge in [0.05, 0.1) is 7.11 Å². The fourth-order valence-corrected chi connectivity index (χ4v) is 5.15. The van der Waals surface area contributed by atoms with Gasteiger partial charge in [-0.1, -0.05) is 43.7 Å². The van der Waals surface area contributed by atoms with Crippen molar-refractivity contribution < 1.29 is 14.3 Å². The molecule has 0 aliphatic carbocycles. The van der Waals surface area contributed by atoms with E-state index in [0.717, 1.165) is 40.8 Å². The number of methoxy groups -OCH3 is 1. The number of fused-ring (bicyclic) bond motifs is 4. The van der Waals surface area contributed by atoms with E-state index < -0.39 is 6.04 Å². The fourth-order valence-electron chi connectivity index (χ4n) is 5.15. The van der Waals surface area contributed by atoms with Crippen LogP contribution in [0.1, 0.15) is 42.6 Å². The molecular weight excluding hydrogens is 390 g/mol. The van der Waals surface area contributed by atoms with Crippen LogP contribution in [-0.2, 0) is 18.3 Å². The molecule has 2 aliphatic rings. The summed E-state index contributed by atoms with van der Waals surface area (Å²) in [6.07, 6.45) is 2.31. The summed E-state index contributed by atoms with van der Waals surface area (Å²) in [6, 6.07) is 15.1. The third-order valence-corrected chi connectivity index (χ3v) is 6.70. The van der Waals surface area contributed by atoms with Crippen LogP contribution in [0.15, 0.2) is 48.5 Å². The minimum atomic E-state index is -0.463. The van der Waals surface area contributed by atoms with Crippen LogP contribution in [0.3, 0.4) is 0 Å². The molecule has 1 aromatic heterocycles. The number of para-hydroxylation sites is 1. The molecule has 160 valence electrons. The van der Waals surface area contributed by atoms with Gasteiger partial charge in [-0.25, -0.2) is 4.79 Å². The van der Waals surface area contributed by atoms with Crippen molar-refractivity contribution in [2.45, 2.75) is 38.3 Å². The molecule has 2 aromatic carbocycles. The number of hydrogen-bond donors (Lipinski definition) is 0. The molecule has 0 saturated carbocycles. The Bertz CT molecular complexity index is 1160. The van der Waals surface area contributed by atoms with E-state index in [1.165, 1.54) is 10.5 Å². The maximum absolute atomic E-state index is 13.5. The second kappa shape index (κ2) is 7.45. The molecule has 0 N–H and O–H groups in total. The highest BCUT2D eigenvalue weighted by molar-refractivity contribution is 6.05. The summed E-state index contributed by atoms with van der Waals surface area (Å²) < 4.78 is 7.52. The summed E-state index contributed by atoms with van der Waals surface area (Å²) in [6.45, 7) is 2.55. The number of amides is 3. The van der Waals surface area contributed by atoms with Crippen molar-refractivity contribution in [3.05, 3.63) is 65.4 Å². The van der Waals surface area contributed by atoms with Gasteiger partial charge in [-0.3, -0.25) is 14.6 Å². The van der Waals surface area contributed by atoms with E-state index in [0.29, 0.717) is 13.0 Å². The molecule has 1 fully saturated rings. The largest absolute Gasteiger partial charge is 0.497 e. The van der Waals surface area contributed by atoms with Crippen LogP contribution in [0.25, 0.3) is 10.9 Å². The molecule has 0 unspecified atom stereocenters. The third kappa shape index (κ3) is 2.85. The van der Waals surface area contributed by atoms with Crippen molar-refractivity contribution in [2.75, 3.05) is 13.7 Å². The topological polar surface area (TPSA) is 54.8 Å². The normalized spacial score (nSPS) is 20.4. The van der Waals surface area contributed by atoms with Crippen molar-refractivity contribution in [3.8, 4) is 5.75 Å². The highest BCUT2D eigenvalue weighted by Gasteiger charge is 2.52. The Morgan fingerprint density at radius 2 is 1.81 bits per heavy atom. The first-order valence-corrected chi connectivity index (χ1v) is 10.9. The number of unbranched alkanes of at least 4 members (excludes halogenated alkanes) is 1. The Hall–Kier alpha value is -3.28. The van der Waals surface area contributed by atoms with Crippen LogP contribution in [0.2, 0.25) is 0 Å². The standard InChI is InChI=1S/C25H27N3O3/c1-4-5-14-27-24(29)21-15-19-18-8-6-7-9-20(18)26(2)23(19)22(28(21)25(27)30)16-10-12-17(31-3)13-11-16/h6-13,21-22H,4-5,14-15H2,1-3H3/t21-,22-/m1/s1. The highest BCUT2D eigenvalue weighted by atomic mass is 16.5. The number of hydrogen-bond acceptors (Lipinski definition) is 3. The summed E-state index contributed by atoms with van der Waals surface area (Å²) >= 11 is 0. The fraction of sp³-hybridized carbons (Fsp3) is 0.360. The summed E-state index contributed by atoms with van der Waals surface area (Å²) in [5, 5.41) is 1.16. The van der Waals surface area contributed by atoms with Crippen molar-refractivity contribution in [1.82, 2.24) is 14.4 Å². The van der Waals surface area contributed by atoms with Crippen molar-refractivity contribution in [1.29, 1.82) is 0 Å². The smallest absolute Gasteiger partial charge is 0.328 e. The van der Waals surface area contributed by atoms with E-state index in [1.54, 1.807) is 12.0 Å². The van der Waals surface area contributed by atoms with Crippen LogP contribution >= 0.6 is 0 Å². The van der Waals surface area contributed by atoms with Crippen LogP contribution in [0.5, 0.6) is 5.75 Å². The van der Waals surface area contributed by atoms with Crippen LogP contribution in [0.4, 0.5) is 4.79 Å². The first kappa shape index (κ1) is 19.7. The monoisotopic (exact) mass is 417 g/mol. The molecule has 0 spiro atoms. The number of aromatic nitrogens is 1. The number of benzene rings is 2. The number of carbonyl (C=O) groups is 2. The molecule has 2 atom stereocenters. The third-order valence-electron chi connectivity index (χ3n) is 6.70. The van der Waals surface area contributed by atoms with Gasteiger partial charge in [0.2, 0.25) is 0 Å². The zero-order valence-electron chi connectivity index (χ0n) is 18.2. The second-order valence-corrected chi connectivity index (χ2v) is 8.37. The zero-order chi connectivity index (χ0) is 21.7. The van der Waals surface area contributed by atoms with Crippen LogP contribution in [-0.4, -0.2) is 46.0 Å². The zero-order valence-corrected chi connectivity index (χ0v) is 18.2. The van der Waals surface area contributed by atoms with Gasteiger partial charge in [0.1, 0.15) is 17.8 Å². The van der Waals surface area contributed by atoms with Crippen LogP contribution in [0, 0.1) is 0 Å². The van der Waals surface area contributed by atoms with Crippen molar-refractivity contribution in [3.63, 3.8) is 0 Å². The summed E-state index contributed by atoms with van der Waals surface area (Å²) in [5.74, 6) is 0.692. The van der Waals surface area contributed by atoms with Gasteiger partial charge >= 0.3 is 6.03 Å². The predicted octanol–water partition coefficient (Wildman–Crippen LogP) is 4.27. The molecule has 2 aliphatic heterocycles. The maximum atomic E-state index is 13.5. The van der Waals surface area contributed by atoms with Gasteiger partial charge in [0.15, 0.2) is 0 Å². The lowest BCUT2D eigenvalue weighted by Gasteiger charge is -2.37. The Kier molecular flexibility index (Phi) is 4.73. The molecule has 0 bridgehead atoms. The van der Waals surface area contributed by atoms with Gasteiger partial charge in [-0.05, 0) is 35.7 Å². The molecule has 3 amide bonds. The van der Waals surface area contributed by atoms with Crippen LogP contribution < -0.4 is 4.74 Å². The Morgan fingerprint density at radius 3 is 2.52 bits per heavy atom. The Morgan fingerprint density at radius 1 is 1.06 bits per heavy atom. The Balaban J connectivity index is 1.70. The molecule has 5 rings (SSSR count). The average molecular weight is 418 g/mol. The number of rotatable bonds is 5. The summed E-state index contributed by atoms with van der Waals surface area (Å²) in [5.41, 5.74) is 4.35. The van der Waals surface area contributed by atoms with E-state index in [9.17, 15) is 9.59 Å². The van der Waals surface area contributed by atoms with Gasteiger partial charge in [-0.15, -0.1) is 0 Å². The van der Waals surface area contributed by atoms with E-state index in [1.807, 2.05) is 36.4 Å². The first-order chi connectivity index (χ1) is 15.1. The molecule has 3 aromatic rings. The van der Waals surface area contributed by atoms with Crippen molar-refractivity contribution in [2.24, 2.45) is 7.05 Å². The van der Waals surface area contributed by atoms with Gasteiger partial charge in [-0.2, -0.15) is 0 Å². The number of aryl methyl sites for hydroxylation is 1. The number of ether oxygens (including phenoxy) is 1. The molecular formula is C25H27N3O3. The molecule has 6 heteroatoms. The predicted molar refractivity (Wildman–Crippen MR) is 119 cm³/mol. The Labute approximate surface area is 182 Å². The molecule has 0 radical (unpaired) electrons. The molecule has 1 saturated heterocycles. The quantitative estimate of drug-likeness (QED) is 0.583. The van der Waals surface area contributed by atoms with E-state index in [4.69, 9.17) is 4.74 Å².